The topological polar surface area (TPSA) is 227 Å². The summed E-state index contributed by atoms with van der Waals surface area (Å²) in [6.07, 6.45) is -7.08. The molecule has 7 N–H and O–H groups in total. The number of carbonyl (C=O) groups excluding carboxylic acids is 1. The summed E-state index contributed by atoms with van der Waals surface area (Å²) in [5, 5.41) is 9.00. The number of hydrogen-bond donors (Lipinski definition) is 5. The highest BCUT2D eigenvalue weighted by Crippen LogP contribution is 2.39. The van der Waals surface area contributed by atoms with Gasteiger partial charge in [-0.2, -0.15) is 9.97 Å². The van der Waals surface area contributed by atoms with Crippen LogP contribution in [0.25, 0.3) is 0 Å². The van der Waals surface area contributed by atoms with E-state index < -0.39 is 97.8 Å². The Morgan fingerprint density at radius 2 is 1.43 bits per heavy atom. The molecule has 0 saturated carbocycles. The van der Waals surface area contributed by atoms with Crippen LogP contribution in [-0.4, -0.2) is 71.1 Å². The molecule has 0 aliphatic carbocycles. The first-order valence-corrected chi connectivity index (χ1v) is 12.6. The highest BCUT2D eigenvalue weighted by atomic mass is 31.2. The van der Waals surface area contributed by atoms with Gasteiger partial charge < -0.3 is 40.6 Å². The van der Waals surface area contributed by atoms with Gasteiger partial charge in [0.1, 0.15) is 0 Å². The summed E-state index contributed by atoms with van der Waals surface area (Å²) in [6, 6.07) is 0. The molecule has 2 aliphatic heterocycles. The lowest BCUT2D eigenvalue weighted by molar-refractivity contribution is -0.126. The lowest BCUT2D eigenvalue weighted by Crippen LogP contribution is -2.32. The first kappa shape index (κ1) is 31.3. The second-order valence-electron chi connectivity index (χ2n) is 8.75. The Bertz CT molecular complexity index is 1350. The Morgan fingerprint density at radius 1 is 0.975 bits per heavy atom. The zero-order valence-electron chi connectivity index (χ0n) is 20.7. The molecule has 4 heterocycles. The zero-order valence-corrected chi connectivity index (χ0v) is 21.6. The van der Waals surface area contributed by atoms with Crippen LogP contribution in [0.15, 0.2) is 22.0 Å². The minimum atomic E-state index is -3.02. The number of nitrogens with zero attached hydrogens (tertiary/aromatic N) is 4. The van der Waals surface area contributed by atoms with E-state index in [1.165, 1.54) is 13.8 Å². The molecule has 0 amide bonds. The van der Waals surface area contributed by atoms with Gasteiger partial charge in [0.2, 0.25) is 6.29 Å². The van der Waals surface area contributed by atoms with E-state index in [1.807, 2.05) is 0 Å². The third kappa shape index (κ3) is 6.39. The zero-order chi connectivity index (χ0) is 30.0. The molecular weight excluding hydrogens is 575 g/mol. The van der Waals surface area contributed by atoms with Crippen molar-refractivity contribution in [2.75, 3.05) is 18.1 Å². The van der Waals surface area contributed by atoms with Crippen molar-refractivity contribution >= 4 is 25.7 Å². The van der Waals surface area contributed by atoms with Gasteiger partial charge in [0, 0.05) is 5.92 Å². The number of hydrogen-bond acceptors (Lipinski definition) is 13. The summed E-state index contributed by atoms with van der Waals surface area (Å²) >= 11 is 0. The molecule has 2 aromatic rings. The summed E-state index contributed by atoms with van der Waals surface area (Å²) in [7, 11) is -3.02. The maximum absolute atomic E-state index is 14.2. The Hall–Kier alpha value is -3.22. The second-order valence-corrected chi connectivity index (χ2v) is 9.69. The average Bonchev–Trinajstić information content (AvgIpc) is 3.33. The Morgan fingerprint density at radius 3 is 1.85 bits per heavy atom. The summed E-state index contributed by atoms with van der Waals surface area (Å²) in [6.45, 7) is 2.47. The largest absolute Gasteiger partial charge is 0.429 e. The number of nitrogen functional groups attached to an aromatic ring is 2. The van der Waals surface area contributed by atoms with Crippen LogP contribution in [0.2, 0.25) is 0 Å². The summed E-state index contributed by atoms with van der Waals surface area (Å²) in [4.78, 5) is 58.1. The summed E-state index contributed by atoms with van der Waals surface area (Å²) < 4.78 is 70.8. The highest BCUT2D eigenvalue weighted by Gasteiger charge is 2.47. The van der Waals surface area contributed by atoms with Gasteiger partial charge in [0.25, 0.3) is 8.38 Å². The minimum Gasteiger partial charge on any atom is -0.429 e. The van der Waals surface area contributed by atoms with Crippen LogP contribution in [0.1, 0.15) is 26.3 Å². The van der Waals surface area contributed by atoms with Crippen molar-refractivity contribution in [1.29, 1.82) is 0 Å². The van der Waals surface area contributed by atoms with E-state index in [1.54, 1.807) is 0 Å². The third-order valence-electron chi connectivity index (χ3n) is 6.13. The number of ether oxygens (including phenoxy) is 3. The predicted molar refractivity (Wildman–Crippen MR) is 127 cm³/mol. The van der Waals surface area contributed by atoms with Gasteiger partial charge in [-0.1, -0.05) is 13.8 Å². The first-order valence-electron chi connectivity index (χ1n) is 11.3. The number of aromatic nitrogens is 4. The van der Waals surface area contributed by atoms with Crippen molar-refractivity contribution in [3.63, 3.8) is 0 Å². The van der Waals surface area contributed by atoms with Crippen LogP contribution in [-0.2, 0) is 14.2 Å². The monoisotopic (exact) mass is 600 g/mol. The Labute approximate surface area is 222 Å². The summed E-state index contributed by atoms with van der Waals surface area (Å²) in [5.74, 6) is -4.79. The number of alkyl halides is 2. The number of carbonyl (C=O) groups is 1. The highest BCUT2D eigenvalue weighted by molar-refractivity contribution is 7.63. The van der Waals surface area contributed by atoms with E-state index in [4.69, 9.17) is 35.8 Å². The number of anilines is 2. The van der Waals surface area contributed by atoms with Gasteiger partial charge in [-0.05, 0) is 0 Å². The van der Waals surface area contributed by atoms with Crippen LogP contribution in [0, 0.1) is 23.5 Å². The van der Waals surface area contributed by atoms with E-state index in [9.17, 15) is 31.9 Å². The van der Waals surface area contributed by atoms with Gasteiger partial charge in [-0.3, -0.25) is 9.13 Å². The quantitative estimate of drug-likeness (QED) is 0.226. The Kier molecular flexibility index (Phi) is 9.81. The predicted octanol–water partition coefficient (Wildman–Crippen LogP) is 0.0553. The molecule has 2 aliphatic rings. The molecule has 0 radical (unpaired) electrons. The lowest BCUT2D eigenvalue weighted by atomic mass is 10.0. The first-order chi connectivity index (χ1) is 18.7. The Balaban J connectivity index is 0.000000225. The smallest absolute Gasteiger partial charge is 0.385 e. The SMILES string of the molecule is C[C@@H]1[C@@H](OC(=O)P(O)O)O[C@@H](n2cc(F)c(N)nc2=O)[C@H]1F.C[C@H]1[C@H](F)[C@H](n2cc(F)c(N)nc2=O)O[C@@H]1CO. The fourth-order valence-corrected chi connectivity index (χ4v) is 4.00. The van der Waals surface area contributed by atoms with Crippen molar-refractivity contribution in [3.05, 3.63) is 45.0 Å². The van der Waals surface area contributed by atoms with Crippen molar-refractivity contribution in [2.24, 2.45) is 11.8 Å². The number of aliphatic hydroxyl groups is 1. The molecule has 2 fully saturated rings. The molecular formula is C20H25F4N6O9P. The van der Waals surface area contributed by atoms with Gasteiger partial charge in [-0.15, -0.1) is 0 Å². The second kappa shape index (κ2) is 12.5. The van der Waals surface area contributed by atoms with Crippen LogP contribution >= 0.6 is 8.38 Å². The molecule has 40 heavy (non-hydrogen) atoms. The van der Waals surface area contributed by atoms with E-state index >= 15 is 0 Å². The fraction of sp³-hybridized carbons (Fsp3) is 0.550. The molecule has 2 aromatic heterocycles. The molecule has 222 valence electrons. The van der Waals surface area contributed by atoms with Crippen molar-refractivity contribution in [1.82, 2.24) is 19.1 Å². The molecule has 0 unspecified atom stereocenters. The van der Waals surface area contributed by atoms with Crippen LogP contribution in [0.3, 0.4) is 0 Å². The van der Waals surface area contributed by atoms with Gasteiger partial charge in [-0.25, -0.2) is 31.9 Å². The molecule has 2 saturated heterocycles. The normalized spacial score (nSPS) is 29.8. The standard InChI is InChI=1S/C10H12F2N3O6P.C10H13F2N3O3/c1-3-5(12)7(20-8(3)21-10(17)22(18)19)15-2-4(11)6(13)14-9(15)16;1-4-6(3-16)18-9(7(4)12)15-2-5(11)8(13)14-10(15)17/h2-3,5,7-8,18-19H,1H3,(H2,13,14,16);2,4,6-7,9,16H,3H2,1H3,(H2,13,14,17)/t3-,5-,7+,8+;4-,6-,7+,9-/m01/s1. The molecule has 15 nitrogen and oxygen atoms in total. The van der Waals surface area contributed by atoms with Crippen LogP contribution in [0.5, 0.6) is 0 Å². The van der Waals surface area contributed by atoms with Gasteiger partial charge in [0.15, 0.2) is 48.1 Å². The minimum absolute atomic E-state index is 0.377. The van der Waals surface area contributed by atoms with E-state index in [-0.39, 0.29) is 6.61 Å². The van der Waals surface area contributed by atoms with Crippen molar-refractivity contribution in [3.8, 4) is 0 Å². The third-order valence-corrected chi connectivity index (χ3v) is 6.56. The molecule has 0 spiro atoms. The number of aliphatic hydroxyl groups excluding tert-OH is 1. The molecule has 0 aromatic carbocycles. The maximum atomic E-state index is 14.2. The van der Waals surface area contributed by atoms with E-state index in [0.717, 1.165) is 6.20 Å². The maximum Gasteiger partial charge on any atom is 0.385 e. The van der Waals surface area contributed by atoms with Crippen molar-refractivity contribution in [2.45, 2.75) is 51.0 Å². The number of rotatable bonds is 5. The lowest BCUT2D eigenvalue weighted by Gasteiger charge is -2.16. The van der Waals surface area contributed by atoms with Gasteiger partial charge in [0.05, 0.1) is 31.0 Å². The molecule has 0 bridgehead atoms. The van der Waals surface area contributed by atoms with Crippen molar-refractivity contribution < 1.29 is 51.5 Å². The van der Waals surface area contributed by atoms with E-state index in [0.29, 0.717) is 15.3 Å². The number of nitrogens with two attached hydrogens (primary N) is 2. The van der Waals surface area contributed by atoms with E-state index in [2.05, 4.69) is 14.7 Å². The van der Waals surface area contributed by atoms with Crippen LogP contribution < -0.4 is 22.8 Å². The summed E-state index contributed by atoms with van der Waals surface area (Å²) in [5.41, 5.74) is 6.93. The van der Waals surface area contributed by atoms with Gasteiger partial charge >= 0.3 is 17.1 Å². The molecule has 4 rings (SSSR count). The number of halogens is 4. The average molecular weight is 600 g/mol. The molecule has 8 atom stereocenters. The fourth-order valence-electron chi connectivity index (χ4n) is 3.80. The molecule has 20 heteroatoms. The van der Waals surface area contributed by atoms with Crippen LogP contribution in [0.4, 0.5) is 34.0 Å².